The Morgan fingerprint density at radius 3 is 2.70 bits per heavy atom. The van der Waals surface area contributed by atoms with Crippen LogP contribution >= 0.6 is 23.2 Å². The van der Waals surface area contributed by atoms with E-state index in [-0.39, 0.29) is 11.7 Å². The van der Waals surface area contributed by atoms with Gasteiger partial charge in [-0.1, -0.05) is 40.9 Å². The summed E-state index contributed by atoms with van der Waals surface area (Å²) in [5.74, 6) is -1.99. The van der Waals surface area contributed by atoms with Crippen molar-refractivity contribution in [1.82, 2.24) is 0 Å². The van der Waals surface area contributed by atoms with E-state index >= 15 is 0 Å². The van der Waals surface area contributed by atoms with Crippen LogP contribution in [0.1, 0.15) is 24.8 Å². The molecule has 106 valence electrons. The van der Waals surface area contributed by atoms with Crippen LogP contribution in [0.5, 0.6) is 0 Å². The molecule has 0 aromatic heterocycles. The van der Waals surface area contributed by atoms with E-state index in [9.17, 15) is 9.59 Å². The molecule has 2 rings (SSSR count). The number of ether oxygens (including phenoxy) is 1. The zero-order valence-corrected chi connectivity index (χ0v) is 12.7. The van der Waals surface area contributed by atoms with E-state index in [0.717, 1.165) is 5.57 Å². The third kappa shape index (κ3) is 2.74. The highest BCUT2D eigenvalue weighted by molar-refractivity contribution is 6.42. The number of hydrogen-bond donors (Lipinski definition) is 0. The van der Waals surface area contributed by atoms with Crippen LogP contribution in [0.3, 0.4) is 0 Å². The van der Waals surface area contributed by atoms with E-state index in [2.05, 4.69) is 0 Å². The molecule has 0 spiro atoms. The second kappa shape index (κ2) is 5.98. The lowest BCUT2D eigenvalue weighted by Gasteiger charge is -2.28. The van der Waals surface area contributed by atoms with Gasteiger partial charge in [-0.15, -0.1) is 0 Å². The number of allylic oxidation sites excluding steroid dienone is 2. The largest absolute Gasteiger partial charge is 0.468 e. The lowest BCUT2D eigenvalue weighted by atomic mass is 9.75. The Balaban J connectivity index is 2.51. The minimum atomic E-state index is -0.861. The summed E-state index contributed by atoms with van der Waals surface area (Å²) in [6.45, 7) is 1.86. The van der Waals surface area contributed by atoms with Crippen LogP contribution < -0.4 is 0 Å². The van der Waals surface area contributed by atoms with Crippen LogP contribution in [0.15, 0.2) is 29.8 Å². The topological polar surface area (TPSA) is 43.4 Å². The highest BCUT2D eigenvalue weighted by Crippen LogP contribution is 2.41. The Hall–Kier alpha value is -1.32. The molecule has 0 heterocycles. The molecule has 2 atom stereocenters. The van der Waals surface area contributed by atoms with Crippen LogP contribution in [-0.2, 0) is 14.3 Å². The molecule has 3 nitrogen and oxygen atoms in total. The number of carbonyl (C=O) groups is 2. The molecule has 0 unspecified atom stereocenters. The first-order valence-corrected chi connectivity index (χ1v) is 6.94. The van der Waals surface area contributed by atoms with E-state index in [1.54, 1.807) is 18.2 Å². The van der Waals surface area contributed by atoms with Crippen molar-refractivity contribution in [2.24, 2.45) is 5.92 Å². The van der Waals surface area contributed by atoms with E-state index in [1.807, 2.05) is 6.92 Å². The molecule has 0 fully saturated rings. The van der Waals surface area contributed by atoms with E-state index in [4.69, 9.17) is 27.9 Å². The van der Waals surface area contributed by atoms with Gasteiger partial charge in [0.25, 0.3) is 0 Å². The monoisotopic (exact) mass is 312 g/mol. The average molecular weight is 313 g/mol. The van der Waals surface area contributed by atoms with Gasteiger partial charge in [0.05, 0.1) is 17.2 Å². The van der Waals surface area contributed by atoms with Crippen molar-refractivity contribution in [3.63, 3.8) is 0 Å². The third-order valence-corrected chi connectivity index (χ3v) is 4.31. The van der Waals surface area contributed by atoms with Crippen molar-refractivity contribution >= 4 is 35.0 Å². The molecule has 1 aliphatic rings. The summed E-state index contributed by atoms with van der Waals surface area (Å²) in [5, 5.41) is 0.794. The number of carbonyl (C=O) groups excluding carboxylic acids is 2. The van der Waals surface area contributed by atoms with Crippen molar-refractivity contribution in [3.05, 3.63) is 45.5 Å². The number of rotatable bonds is 2. The van der Waals surface area contributed by atoms with Gasteiger partial charge in [-0.3, -0.25) is 9.59 Å². The van der Waals surface area contributed by atoms with Crippen LogP contribution in [0.2, 0.25) is 10.0 Å². The molecule has 0 saturated heterocycles. The van der Waals surface area contributed by atoms with E-state index in [0.29, 0.717) is 22.0 Å². The van der Waals surface area contributed by atoms with Gasteiger partial charge < -0.3 is 4.74 Å². The first-order chi connectivity index (χ1) is 9.45. The zero-order chi connectivity index (χ0) is 14.9. The van der Waals surface area contributed by atoms with Gasteiger partial charge >= 0.3 is 5.97 Å². The predicted octanol–water partition coefficient (Wildman–Crippen LogP) is 3.79. The number of benzene rings is 1. The Labute approximate surface area is 127 Å². The minimum Gasteiger partial charge on any atom is -0.468 e. The van der Waals surface area contributed by atoms with Gasteiger partial charge in [0.15, 0.2) is 5.78 Å². The van der Waals surface area contributed by atoms with Gasteiger partial charge in [-0.05, 0) is 31.1 Å². The van der Waals surface area contributed by atoms with Crippen molar-refractivity contribution in [1.29, 1.82) is 0 Å². The van der Waals surface area contributed by atoms with Crippen molar-refractivity contribution in [2.75, 3.05) is 7.11 Å². The van der Waals surface area contributed by atoms with Crippen LogP contribution in [0, 0.1) is 5.92 Å². The standard InChI is InChI=1S/C15H14Cl2O3/c1-8-6-10(9-4-3-5-11(16)14(9)17)13(12(18)7-8)15(19)20-2/h3-5,7,10,13H,6H2,1-2H3/t10-,13-/m0/s1. The Morgan fingerprint density at radius 1 is 1.35 bits per heavy atom. The average Bonchev–Trinajstić information content (AvgIpc) is 2.40. The summed E-state index contributed by atoms with van der Waals surface area (Å²) < 4.78 is 4.75. The van der Waals surface area contributed by atoms with Crippen molar-refractivity contribution in [3.8, 4) is 0 Å². The maximum atomic E-state index is 12.1. The van der Waals surface area contributed by atoms with Crippen molar-refractivity contribution in [2.45, 2.75) is 19.3 Å². The molecule has 0 aliphatic heterocycles. The third-order valence-electron chi connectivity index (χ3n) is 3.48. The summed E-state index contributed by atoms with van der Waals surface area (Å²) in [6, 6.07) is 5.23. The van der Waals surface area contributed by atoms with Crippen molar-refractivity contribution < 1.29 is 14.3 Å². The number of hydrogen-bond acceptors (Lipinski definition) is 3. The molecular formula is C15H14Cl2O3. The Kier molecular flexibility index (Phi) is 4.51. The normalized spacial score (nSPS) is 22.4. The van der Waals surface area contributed by atoms with Crippen LogP contribution in [0.25, 0.3) is 0 Å². The number of ketones is 1. The molecule has 0 radical (unpaired) electrons. The fourth-order valence-electron chi connectivity index (χ4n) is 2.56. The Bertz CT molecular complexity index is 593. The summed E-state index contributed by atoms with van der Waals surface area (Å²) in [5.41, 5.74) is 1.62. The highest BCUT2D eigenvalue weighted by atomic mass is 35.5. The SMILES string of the molecule is COC(=O)[C@@H]1C(=O)C=C(C)C[C@H]1c1cccc(Cl)c1Cl. The molecule has 20 heavy (non-hydrogen) atoms. The molecule has 5 heteroatoms. The lowest BCUT2D eigenvalue weighted by Crippen LogP contribution is -2.33. The molecule has 0 amide bonds. The maximum Gasteiger partial charge on any atom is 0.317 e. The summed E-state index contributed by atoms with van der Waals surface area (Å²) in [6.07, 6.45) is 2.07. The highest BCUT2D eigenvalue weighted by Gasteiger charge is 2.39. The fourth-order valence-corrected chi connectivity index (χ4v) is 3.01. The number of halogens is 2. The number of methoxy groups -OCH3 is 1. The summed E-state index contributed by atoms with van der Waals surface area (Å²) >= 11 is 12.2. The van der Waals surface area contributed by atoms with E-state index < -0.39 is 11.9 Å². The molecule has 0 saturated carbocycles. The van der Waals surface area contributed by atoms with Gasteiger partial charge in [0.1, 0.15) is 5.92 Å². The summed E-state index contributed by atoms with van der Waals surface area (Å²) in [4.78, 5) is 24.0. The van der Waals surface area contributed by atoms with Crippen LogP contribution in [0.4, 0.5) is 0 Å². The minimum absolute atomic E-state index is 0.248. The van der Waals surface area contributed by atoms with Gasteiger partial charge in [-0.2, -0.15) is 0 Å². The predicted molar refractivity (Wildman–Crippen MR) is 78.1 cm³/mol. The molecule has 0 N–H and O–H groups in total. The van der Waals surface area contributed by atoms with Gasteiger partial charge in [0.2, 0.25) is 0 Å². The zero-order valence-electron chi connectivity index (χ0n) is 11.2. The fraction of sp³-hybridized carbons (Fsp3) is 0.333. The van der Waals surface area contributed by atoms with Gasteiger partial charge in [0, 0.05) is 5.92 Å². The second-order valence-electron chi connectivity index (χ2n) is 4.85. The first-order valence-electron chi connectivity index (χ1n) is 6.18. The maximum absolute atomic E-state index is 12.1. The van der Waals surface area contributed by atoms with Crippen LogP contribution in [-0.4, -0.2) is 18.9 Å². The molecule has 1 aromatic rings. The summed E-state index contributed by atoms with van der Waals surface area (Å²) in [7, 11) is 1.28. The van der Waals surface area contributed by atoms with Gasteiger partial charge in [-0.25, -0.2) is 0 Å². The van der Waals surface area contributed by atoms with E-state index in [1.165, 1.54) is 13.2 Å². The molecule has 0 bridgehead atoms. The molecular weight excluding hydrogens is 299 g/mol. The molecule has 1 aromatic carbocycles. The first kappa shape index (κ1) is 15.1. The number of esters is 1. The Morgan fingerprint density at radius 2 is 2.05 bits per heavy atom. The lowest BCUT2D eigenvalue weighted by molar-refractivity contribution is -0.149. The smallest absolute Gasteiger partial charge is 0.317 e. The quantitative estimate of drug-likeness (QED) is 0.616. The molecule has 1 aliphatic carbocycles. The second-order valence-corrected chi connectivity index (χ2v) is 5.63.